The molecule has 0 aliphatic rings. The number of unbranched alkanes of at least 4 members (excludes halogenated alkanes) is 2. The third-order valence-electron chi connectivity index (χ3n) is 2.31. The van der Waals surface area contributed by atoms with E-state index in [1.807, 2.05) is 6.20 Å². The Morgan fingerprint density at radius 1 is 1.38 bits per heavy atom. The monoisotopic (exact) mass is 226 g/mol. The van der Waals surface area contributed by atoms with Gasteiger partial charge in [0, 0.05) is 25.4 Å². The highest BCUT2D eigenvalue weighted by atomic mass is 16.3. The lowest BCUT2D eigenvalue weighted by Gasteiger charge is -2.05. The molecule has 0 saturated carbocycles. The van der Waals surface area contributed by atoms with Crippen molar-refractivity contribution < 1.29 is 9.90 Å². The third kappa shape index (κ3) is 6.22. The SMILES string of the molecule is CCCCc1nccn1CCCC.O=CO. The van der Waals surface area contributed by atoms with Crippen LogP contribution in [-0.4, -0.2) is 21.1 Å². The third-order valence-corrected chi connectivity index (χ3v) is 2.31. The second-order valence-corrected chi connectivity index (χ2v) is 3.60. The lowest BCUT2D eigenvalue weighted by molar-refractivity contribution is -0.122. The van der Waals surface area contributed by atoms with Crippen LogP contribution in [-0.2, 0) is 17.8 Å². The average molecular weight is 226 g/mol. The minimum Gasteiger partial charge on any atom is -0.483 e. The van der Waals surface area contributed by atoms with Crippen LogP contribution in [0.3, 0.4) is 0 Å². The van der Waals surface area contributed by atoms with Gasteiger partial charge in [-0.15, -0.1) is 0 Å². The Morgan fingerprint density at radius 2 is 2.00 bits per heavy atom. The molecular formula is C12H22N2O2. The molecule has 16 heavy (non-hydrogen) atoms. The van der Waals surface area contributed by atoms with Gasteiger partial charge in [-0.05, 0) is 12.8 Å². The number of nitrogens with zero attached hydrogens (tertiary/aromatic N) is 2. The van der Waals surface area contributed by atoms with E-state index in [1.165, 1.54) is 31.5 Å². The molecule has 0 amide bonds. The Hall–Kier alpha value is -1.32. The van der Waals surface area contributed by atoms with Crippen molar-refractivity contribution in [2.24, 2.45) is 0 Å². The van der Waals surface area contributed by atoms with E-state index in [0.717, 1.165) is 13.0 Å². The van der Waals surface area contributed by atoms with Gasteiger partial charge in [-0.25, -0.2) is 4.98 Å². The van der Waals surface area contributed by atoms with Crippen LogP contribution in [0, 0.1) is 0 Å². The van der Waals surface area contributed by atoms with E-state index in [9.17, 15) is 0 Å². The van der Waals surface area contributed by atoms with E-state index in [1.54, 1.807) is 0 Å². The van der Waals surface area contributed by atoms with Gasteiger partial charge in [0.2, 0.25) is 0 Å². The van der Waals surface area contributed by atoms with Gasteiger partial charge in [0.05, 0.1) is 0 Å². The van der Waals surface area contributed by atoms with Crippen molar-refractivity contribution in [2.45, 2.75) is 52.5 Å². The molecule has 92 valence electrons. The summed E-state index contributed by atoms with van der Waals surface area (Å²) in [5.41, 5.74) is 0. The van der Waals surface area contributed by atoms with Crippen molar-refractivity contribution in [3.05, 3.63) is 18.2 Å². The molecule has 0 aromatic carbocycles. The maximum atomic E-state index is 8.36. The Morgan fingerprint density at radius 3 is 2.56 bits per heavy atom. The molecule has 0 unspecified atom stereocenters. The highest BCUT2D eigenvalue weighted by molar-refractivity contribution is 5.32. The molecule has 1 heterocycles. The van der Waals surface area contributed by atoms with Gasteiger partial charge >= 0.3 is 0 Å². The molecule has 0 aliphatic heterocycles. The second-order valence-electron chi connectivity index (χ2n) is 3.60. The Balaban J connectivity index is 0.000000673. The number of aryl methyl sites for hydroxylation is 2. The summed E-state index contributed by atoms with van der Waals surface area (Å²) in [5, 5.41) is 6.89. The minimum absolute atomic E-state index is 0.250. The first kappa shape index (κ1) is 14.7. The maximum Gasteiger partial charge on any atom is 0.290 e. The normalized spacial score (nSPS) is 9.38. The number of carboxylic acid groups (broad SMARTS) is 1. The van der Waals surface area contributed by atoms with E-state index in [2.05, 4.69) is 29.6 Å². The van der Waals surface area contributed by atoms with Gasteiger partial charge in [0.15, 0.2) is 0 Å². The zero-order chi connectivity index (χ0) is 12.2. The lowest BCUT2D eigenvalue weighted by atomic mass is 10.2. The van der Waals surface area contributed by atoms with Gasteiger partial charge in [-0.1, -0.05) is 26.7 Å². The van der Waals surface area contributed by atoms with Gasteiger partial charge in [0.25, 0.3) is 6.47 Å². The fraction of sp³-hybridized carbons (Fsp3) is 0.667. The van der Waals surface area contributed by atoms with E-state index in [4.69, 9.17) is 9.90 Å². The first-order valence-corrected chi connectivity index (χ1v) is 5.87. The standard InChI is InChI=1S/C11H20N2.CH2O2/c1-3-5-7-11-12-8-10-13(11)9-6-4-2;2-1-3/h8,10H,3-7,9H2,1-2H3;1H,(H,2,3). The predicted octanol–water partition coefficient (Wildman–Crippen LogP) is 2.73. The first-order valence-electron chi connectivity index (χ1n) is 5.87. The molecule has 1 N–H and O–H groups in total. The molecular weight excluding hydrogens is 204 g/mol. The molecule has 1 rings (SSSR count). The zero-order valence-corrected chi connectivity index (χ0v) is 10.2. The summed E-state index contributed by atoms with van der Waals surface area (Å²) in [6.45, 7) is 5.33. The lowest BCUT2D eigenvalue weighted by Crippen LogP contribution is -2.02. The summed E-state index contributed by atoms with van der Waals surface area (Å²) in [7, 11) is 0. The topological polar surface area (TPSA) is 55.1 Å². The fourth-order valence-electron chi connectivity index (χ4n) is 1.44. The number of carbonyl (C=O) groups is 1. The van der Waals surface area contributed by atoms with E-state index in [0.29, 0.717) is 0 Å². The van der Waals surface area contributed by atoms with Crippen molar-refractivity contribution >= 4 is 6.47 Å². The van der Waals surface area contributed by atoms with Crippen molar-refractivity contribution in [1.29, 1.82) is 0 Å². The molecule has 0 fully saturated rings. The Bertz CT molecular complexity index is 249. The van der Waals surface area contributed by atoms with Crippen molar-refractivity contribution in [1.82, 2.24) is 9.55 Å². The maximum absolute atomic E-state index is 8.36. The number of imidazole rings is 1. The molecule has 0 bridgehead atoms. The highest BCUT2D eigenvalue weighted by Gasteiger charge is 2.00. The second kappa shape index (κ2) is 10.2. The van der Waals surface area contributed by atoms with Crippen LogP contribution < -0.4 is 0 Å². The Labute approximate surface area is 97.3 Å². The smallest absolute Gasteiger partial charge is 0.290 e. The zero-order valence-electron chi connectivity index (χ0n) is 10.2. The minimum atomic E-state index is -0.250. The number of hydrogen-bond donors (Lipinski definition) is 1. The van der Waals surface area contributed by atoms with Crippen molar-refractivity contribution in [2.75, 3.05) is 0 Å². The molecule has 1 aromatic rings. The molecule has 0 saturated heterocycles. The summed E-state index contributed by atoms with van der Waals surface area (Å²) >= 11 is 0. The largest absolute Gasteiger partial charge is 0.483 e. The Kier molecular flexibility index (Phi) is 9.36. The quantitative estimate of drug-likeness (QED) is 0.759. The van der Waals surface area contributed by atoms with Gasteiger partial charge in [-0.2, -0.15) is 0 Å². The van der Waals surface area contributed by atoms with E-state index >= 15 is 0 Å². The summed E-state index contributed by atoms with van der Waals surface area (Å²) in [4.78, 5) is 12.7. The van der Waals surface area contributed by atoms with Crippen LogP contribution >= 0.6 is 0 Å². The van der Waals surface area contributed by atoms with E-state index in [-0.39, 0.29) is 6.47 Å². The van der Waals surface area contributed by atoms with Gasteiger partial charge in [-0.3, -0.25) is 4.79 Å². The molecule has 0 radical (unpaired) electrons. The van der Waals surface area contributed by atoms with Crippen LogP contribution in [0.25, 0.3) is 0 Å². The molecule has 1 aromatic heterocycles. The number of aromatic nitrogens is 2. The van der Waals surface area contributed by atoms with Crippen molar-refractivity contribution in [3.63, 3.8) is 0 Å². The van der Waals surface area contributed by atoms with Crippen LogP contribution in [0.1, 0.15) is 45.4 Å². The van der Waals surface area contributed by atoms with Gasteiger partial charge in [0.1, 0.15) is 5.82 Å². The molecule has 0 atom stereocenters. The summed E-state index contributed by atoms with van der Waals surface area (Å²) < 4.78 is 2.29. The van der Waals surface area contributed by atoms with Crippen LogP contribution in [0.15, 0.2) is 12.4 Å². The summed E-state index contributed by atoms with van der Waals surface area (Å²) in [6, 6.07) is 0. The van der Waals surface area contributed by atoms with Crippen LogP contribution in [0.4, 0.5) is 0 Å². The van der Waals surface area contributed by atoms with Crippen LogP contribution in [0.2, 0.25) is 0 Å². The first-order chi connectivity index (χ1) is 7.79. The molecule has 4 heteroatoms. The summed E-state index contributed by atoms with van der Waals surface area (Å²) in [5.74, 6) is 1.26. The molecule has 0 spiro atoms. The fourth-order valence-corrected chi connectivity index (χ4v) is 1.44. The predicted molar refractivity (Wildman–Crippen MR) is 64.4 cm³/mol. The highest BCUT2D eigenvalue weighted by Crippen LogP contribution is 2.05. The molecule has 0 aliphatic carbocycles. The van der Waals surface area contributed by atoms with E-state index < -0.39 is 0 Å². The van der Waals surface area contributed by atoms with Gasteiger partial charge < -0.3 is 9.67 Å². The summed E-state index contributed by atoms with van der Waals surface area (Å²) in [6.07, 6.45) is 10.2. The number of rotatable bonds is 6. The van der Waals surface area contributed by atoms with Crippen molar-refractivity contribution in [3.8, 4) is 0 Å². The van der Waals surface area contributed by atoms with Crippen LogP contribution in [0.5, 0.6) is 0 Å². The molecule has 4 nitrogen and oxygen atoms in total. The average Bonchev–Trinajstić information content (AvgIpc) is 2.72. The number of hydrogen-bond acceptors (Lipinski definition) is 2.